The van der Waals surface area contributed by atoms with Crippen molar-refractivity contribution in [1.82, 2.24) is 14.9 Å². The molecular formula is C28H29ClF6N4O3S. The predicted octanol–water partition coefficient (Wildman–Crippen LogP) is 5.69. The maximum absolute atomic E-state index is 13.9. The van der Waals surface area contributed by atoms with Crippen molar-refractivity contribution in [2.75, 3.05) is 6.54 Å². The fourth-order valence-corrected chi connectivity index (χ4v) is 8.18. The van der Waals surface area contributed by atoms with Gasteiger partial charge in [0.1, 0.15) is 5.84 Å². The Hall–Kier alpha value is -2.84. The molecule has 234 valence electrons. The third-order valence-electron chi connectivity index (χ3n) is 8.36. The number of halogens is 7. The van der Waals surface area contributed by atoms with Crippen LogP contribution < -0.4 is 10.6 Å². The second-order valence-corrected chi connectivity index (χ2v) is 14.4. The zero-order valence-electron chi connectivity index (χ0n) is 23.1. The lowest BCUT2D eigenvalue weighted by molar-refractivity contribution is -0.151. The molecule has 2 N–H and O–H groups in total. The van der Waals surface area contributed by atoms with Gasteiger partial charge < -0.3 is 10.6 Å². The van der Waals surface area contributed by atoms with E-state index in [0.717, 1.165) is 18.2 Å². The Labute approximate surface area is 249 Å². The monoisotopic (exact) mass is 650 g/mol. The van der Waals surface area contributed by atoms with Gasteiger partial charge in [-0.15, -0.1) is 0 Å². The lowest BCUT2D eigenvalue weighted by atomic mass is 9.38. The topological polar surface area (TPSA) is 90.9 Å². The molecule has 15 heteroatoms. The summed E-state index contributed by atoms with van der Waals surface area (Å²) in [5.74, 6) is -0.187. The molecule has 6 rings (SSSR count). The maximum Gasteiger partial charge on any atom is 0.416 e. The number of benzene rings is 2. The zero-order valence-corrected chi connectivity index (χ0v) is 24.7. The van der Waals surface area contributed by atoms with Gasteiger partial charge in [-0.05, 0) is 69.0 Å². The molecule has 3 aliphatic carbocycles. The van der Waals surface area contributed by atoms with Gasteiger partial charge in [0.05, 0.1) is 22.4 Å². The highest BCUT2D eigenvalue weighted by Gasteiger charge is 2.75. The summed E-state index contributed by atoms with van der Waals surface area (Å²) in [5.41, 5.74) is -2.91. The smallest absolute Gasteiger partial charge is 0.366 e. The van der Waals surface area contributed by atoms with Crippen molar-refractivity contribution in [3.05, 3.63) is 64.7 Å². The Morgan fingerprint density at radius 3 is 2.28 bits per heavy atom. The first-order valence-electron chi connectivity index (χ1n) is 13.4. The number of carbonyl (C=O) groups excluding carboxylic acids is 1. The highest BCUT2D eigenvalue weighted by atomic mass is 35.5. The Morgan fingerprint density at radius 2 is 1.70 bits per heavy atom. The van der Waals surface area contributed by atoms with E-state index >= 15 is 0 Å². The zero-order chi connectivity index (χ0) is 31.6. The maximum atomic E-state index is 13.9. The number of rotatable bonds is 9. The van der Waals surface area contributed by atoms with Crippen molar-refractivity contribution in [1.29, 1.82) is 0 Å². The number of hydrogen-bond donors (Lipinski definition) is 2. The van der Waals surface area contributed by atoms with Crippen LogP contribution in [0.5, 0.6) is 0 Å². The van der Waals surface area contributed by atoms with Gasteiger partial charge in [0, 0.05) is 29.1 Å². The van der Waals surface area contributed by atoms with E-state index in [-0.39, 0.29) is 6.54 Å². The SMILES string of the molecule is CC1(C)NC(C23CC(N(Cc4ccc(Cl)cc4)S(=O)(=O)c4cccc(C(F)(F)F)c4)(C2)C3)=N[C@H]1C(=O)NCCC(F)(F)F. The van der Waals surface area contributed by atoms with Crippen molar-refractivity contribution in [2.24, 2.45) is 10.4 Å². The predicted molar refractivity (Wildman–Crippen MR) is 147 cm³/mol. The lowest BCUT2D eigenvalue weighted by Crippen LogP contribution is -2.78. The molecule has 1 atom stereocenters. The average Bonchev–Trinajstić information content (AvgIpc) is 3.16. The van der Waals surface area contributed by atoms with Crippen molar-refractivity contribution in [3.8, 4) is 0 Å². The molecule has 43 heavy (non-hydrogen) atoms. The van der Waals surface area contributed by atoms with Crippen LogP contribution >= 0.6 is 11.6 Å². The molecule has 4 aliphatic rings. The molecule has 1 aliphatic heterocycles. The van der Waals surface area contributed by atoms with E-state index in [0.29, 0.717) is 41.8 Å². The number of carbonyl (C=O) groups is 1. The van der Waals surface area contributed by atoms with Gasteiger partial charge in [0.2, 0.25) is 15.9 Å². The molecule has 7 nitrogen and oxygen atoms in total. The first kappa shape index (κ1) is 31.6. The average molecular weight is 651 g/mol. The van der Waals surface area contributed by atoms with Crippen molar-refractivity contribution < 1.29 is 39.6 Å². The number of alkyl halides is 6. The molecule has 2 aromatic carbocycles. The van der Waals surface area contributed by atoms with E-state index in [1.807, 2.05) is 0 Å². The molecule has 0 radical (unpaired) electrons. The highest BCUT2D eigenvalue weighted by Crippen LogP contribution is 2.71. The summed E-state index contributed by atoms with van der Waals surface area (Å²) in [7, 11) is -4.41. The molecule has 0 spiro atoms. The molecule has 0 aromatic heterocycles. The molecule has 2 aromatic rings. The van der Waals surface area contributed by atoms with Gasteiger partial charge >= 0.3 is 12.4 Å². The standard InChI is InChI=1S/C28H29ClF6N4O3S/c1-24(2)21(22(40)36-11-10-27(30,31)32)37-23(38-24)25-14-26(15-25,16-25)39(13-17-6-8-19(29)9-7-17)43(41,42)20-5-3-4-18(12-20)28(33,34)35/h3-9,12,21H,10-11,13-16H2,1-2H3,(H,36,40)(H,37,38)/t21-,25?,26?/m0/s1. The fourth-order valence-electron chi connectivity index (χ4n) is 6.25. The van der Waals surface area contributed by atoms with Crippen LogP contribution in [-0.4, -0.2) is 54.3 Å². The van der Waals surface area contributed by atoms with Crippen molar-refractivity contribution >= 4 is 33.4 Å². The number of amidine groups is 1. The van der Waals surface area contributed by atoms with Crippen LogP contribution in [0.15, 0.2) is 58.4 Å². The van der Waals surface area contributed by atoms with Crippen LogP contribution in [0, 0.1) is 5.41 Å². The minimum absolute atomic E-state index is 0.110. The van der Waals surface area contributed by atoms with Gasteiger partial charge in [0.15, 0.2) is 6.04 Å². The van der Waals surface area contributed by atoms with Crippen LogP contribution in [0.1, 0.15) is 50.7 Å². The largest absolute Gasteiger partial charge is 0.416 e. The summed E-state index contributed by atoms with van der Waals surface area (Å²) >= 11 is 5.99. The van der Waals surface area contributed by atoms with Crippen LogP contribution in [0.3, 0.4) is 0 Å². The number of nitrogens with zero attached hydrogens (tertiary/aromatic N) is 2. The Bertz CT molecular complexity index is 1540. The number of nitrogens with one attached hydrogen (secondary N) is 2. The Morgan fingerprint density at radius 1 is 1.07 bits per heavy atom. The van der Waals surface area contributed by atoms with Gasteiger partial charge in [-0.25, -0.2) is 8.42 Å². The second-order valence-electron chi connectivity index (χ2n) is 12.1. The highest BCUT2D eigenvalue weighted by molar-refractivity contribution is 7.89. The Kier molecular flexibility index (Phi) is 7.62. The fraction of sp³-hybridized carbons (Fsp3) is 0.500. The number of aliphatic imine (C=N–C) groups is 1. The van der Waals surface area contributed by atoms with Crippen LogP contribution in [0.25, 0.3) is 0 Å². The van der Waals surface area contributed by atoms with Crippen molar-refractivity contribution in [2.45, 2.75) is 80.4 Å². The summed E-state index contributed by atoms with van der Waals surface area (Å²) < 4.78 is 107. The molecule has 1 amide bonds. The molecule has 0 unspecified atom stereocenters. The van der Waals surface area contributed by atoms with E-state index in [9.17, 15) is 39.6 Å². The first-order chi connectivity index (χ1) is 19.8. The van der Waals surface area contributed by atoms with Gasteiger partial charge in [0.25, 0.3) is 0 Å². The molecule has 0 saturated heterocycles. The Balaban J connectivity index is 1.39. The van der Waals surface area contributed by atoms with Gasteiger partial charge in [-0.3, -0.25) is 9.79 Å². The third kappa shape index (κ3) is 5.97. The van der Waals surface area contributed by atoms with E-state index in [2.05, 4.69) is 15.6 Å². The number of hydrogen-bond acceptors (Lipinski definition) is 5. The van der Waals surface area contributed by atoms with Crippen LogP contribution in [0.2, 0.25) is 5.02 Å². The van der Waals surface area contributed by atoms with Crippen molar-refractivity contribution in [3.63, 3.8) is 0 Å². The minimum Gasteiger partial charge on any atom is -0.366 e. The first-order valence-corrected chi connectivity index (χ1v) is 15.2. The molecular weight excluding hydrogens is 622 g/mol. The lowest BCUT2D eigenvalue weighted by Gasteiger charge is -2.73. The summed E-state index contributed by atoms with van der Waals surface area (Å²) in [6.45, 7) is 2.70. The minimum atomic E-state index is -4.73. The summed E-state index contributed by atoms with van der Waals surface area (Å²) in [6, 6.07) is 9.09. The second kappa shape index (κ2) is 10.4. The molecule has 3 fully saturated rings. The van der Waals surface area contributed by atoms with E-state index in [1.165, 1.54) is 4.31 Å². The summed E-state index contributed by atoms with van der Waals surface area (Å²) in [6.07, 6.45) is -9.42. The van der Waals surface area contributed by atoms with Gasteiger partial charge in [-0.2, -0.15) is 30.6 Å². The summed E-state index contributed by atoms with van der Waals surface area (Å²) in [4.78, 5) is 16.8. The summed E-state index contributed by atoms with van der Waals surface area (Å²) in [5, 5.41) is 5.93. The van der Waals surface area contributed by atoms with Crippen LogP contribution in [-0.2, 0) is 27.5 Å². The molecule has 1 heterocycles. The molecule has 2 bridgehead atoms. The number of sulfonamides is 1. The van der Waals surface area contributed by atoms with Gasteiger partial charge in [-0.1, -0.05) is 29.8 Å². The third-order valence-corrected chi connectivity index (χ3v) is 10.6. The van der Waals surface area contributed by atoms with E-state index < -0.39 is 74.2 Å². The quantitative estimate of drug-likeness (QED) is 0.341. The van der Waals surface area contributed by atoms with Crippen LogP contribution in [0.4, 0.5) is 26.3 Å². The van der Waals surface area contributed by atoms with E-state index in [4.69, 9.17) is 11.6 Å². The molecule has 3 saturated carbocycles. The number of amides is 1. The van der Waals surface area contributed by atoms with E-state index in [1.54, 1.807) is 38.1 Å². The normalized spacial score (nSPS) is 26.3.